The average molecular weight is 330 g/mol. The molecule has 102 valence electrons. The number of ether oxygens (including phenoxy) is 1. The molecular formula is C12H13BrFN3O2. The third-order valence-electron chi connectivity index (χ3n) is 2.51. The number of methoxy groups -OCH3 is 1. The molecular weight excluding hydrogens is 317 g/mol. The molecule has 0 amide bonds. The lowest BCUT2D eigenvalue weighted by Gasteiger charge is -2.04. The van der Waals surface area contributed by atoms with Gasteiger partial charge in [-0.1, -0.05) is 21.1 Å². The third-order valence-corrected chi connectivity index (χ3v) is 2.97. The quantitative estimate of drug-likeness (QED) is 0.912. The van der Waals surface area contributed by atoms with Gasteiger partial charge in [0.1, 0.15) is 5.82 Å². The Bertz CT molecular complexity index is 541. The summed E-state index contributed by atoms with van der Waals surface area (Å²) in [4.78, 5) is 4.17. The van der Waals surface area contributed by atoms with Crippen LogP contribution in [-0.4, -0.2) is 23.9 Å². The van der Waals surface area contributed by atoms with Crippen LogP contribution in [0.3, 0.4) is 0 Å². The summed E-state index contributed by atoms with van der Waals surface area (Å²) in [5, 5.41) is 3.80. The Morgan fingerprint density at radius 1 is 1.47 bits per heavy atom. The number of benzene rings is 1. The summed E-state index contributed by atoms with van der Waals surface area (Å²) in [7, 11) is 1.59. The topological polar surface area (TPSA) is 74.2 Å². The van der Waals surface area contributed by atoms with Gasteiger partial charge in [0.25, 0.3) is 0 Å². The summed E-state index contributed by atoms with van der Waals surface area (Å²) in [5.74, 6) is 0.245. The smallest absolute Gasteiger partial charge is 0.243 e. The van der Waals surface area contributed by atoms with Gasteiger partial charge in [-0.2, -0.15) is 4.98 Å². The zero-order chi connectivity index (χ0) is 13.8. The van der Waals surface area contributed by atoms with Gasteiger partial charge < -0.3 is 15.0 Å². The molecule has 0 spiro atoms. The molecule has 1 heterocycles. The summed E-state index contributed by atoms with van der Waals surface area (Å²) in [6, 6.07) is 4.01. The molecule has 0 saturated heterocycles. The summed E-state index contributed by atoms with van der Waals surface area (Å²) >= 11 is 3.21. The molecule has 0 fully saturated rings. The van der Waals surface area contributed by atoms with Gasteiger partial charge in [0, 0.05) is 23.8 Å². The van der Waals surface area contributed by atoms with Crippen molar-refractivity contribution in [2.75, 3.05) is 13.7 Å². The second-order valence-electron chi connectivity index (χ2n) is 4.00. The SMILES string of the molecule is COCCC(N)c1nc(-c2cc(F)cc(Br)c2)no1. The molecule has 0 aliphatic carbocycles. The van der Waals surface area contributed by atoms with E-state index < -0.39 is 6.04 Å². The maximum atomic E-state index is 13.3. The fraction of sp³-hybridized carbons (Fsp3) is 0.333. The van der Waals surface area contributed by atoms with Gasteiger partial charge in [-0.05, 0) is 24.6 Å². The van der Waals surface area contributed by atoms with Crippen molar-refractivity contribution in [3.8, 4) is 11.4 Å². The molecule has 2 aromatic rings. The normalized spacial score (nSPS) is 12.6. The van der Waals surface area contributed by atoms with E-state index in [1.807, 2.05) is 0 Å². The first-order chi connectivity index (χ1) is 9.10. The Hall–Kier alpha value is -1.31. The molecule has 1 atom stereocenters. The van der Waals surface area contributed by atoms with Gasteiger partial charge in [0.15, 0.2) is 0 Å². The first kappa shape index (κ1) is 14.1. The maximum Gasteiger partial charge on any atom is 0.243 e. The number of aromatic nitrogens is 2. The summed E-state index contributed by atoms with van der Waals surface area (Å²) in [5.41, 5.74) is 6.40. The Balaban J connectivity index is 2.20. The lowest BCUT2D eigenvalue weighted by atomic mass is 10.2. The highest BCUT2D eigenvalue weighted by molar-refractivity contribution is 9.10. The van der Waals surface area contributed by atoms with Gasteiger partial charge in [-0.15, -0.1) is 0 Å². The van der Waals surface area contributed by atoms with Crippen molar-refractivity contribution in [1.29, 1.82) is 0 Å². The van der Waals surface area contributed by atoms with Crippen molar-refractivity contribution in [2.24, 2.45) is 5.73 Å². The summed E-state index contributed by atoms with van der Waals surface area (Å²) in [6.07, 6.45) is 0.574. The molecule has 2 N–H and O–H groups in total. The number of nitrogens with two attached hydrogens (primary N) is 1. The minimum absolute atomic E-state index is 0.308. The second-order valence-corrected chi connectivity index (χ2v) is 4.92. The third kappa shape index (κ3) is 3.59. The van der Waals surface area contributed by atoms with Crippen molar-refractivity contribution >= 4 is 15.9 Å². The number of hydrogen-bond donors (Lipinski definition) is 1. The van der Waals surface area contributed by atoms with E-state index in [2.05, 4.69) is 26.1 Å². The van der Waals surface area contributed by atoms with E-state index in [0.717, 1.165) is 0 Å². The van der Waals surface area contributed by atoms with E-state index >= 15 is 0 Å². The Kier molecular flexibility index (Phi) is 4.62. The minimum Gasteiger partial charge on any atom is -0.385 e. The van der Waals surface area contributed by atoms with Gasteiger partial charge in [0.2, 0.25) is 11.7 Å². The van der Waals surface area contributed by atoms with Gasteiger partial charge in [0.05, 0.1) is 6.04 Å². The van der Waals surface area contributed by atoms with Crippen LogP contribution in [0, 0.1) is 5.82 Å². The van der Waals surface area contributed by atoms with Crippen LogP contribution in [0.25, 0.3) is 11.4 Å². The molecule has 0 saturated carbocycles. The molecule has 0 aliphatic rings. The Morgan fingerprint density at radius 2 is 2.26 bits per heavy atom. The zero-order valence-corrected chi connectivity index (χ0v) is 11.9. The van der Waals surface area contributed by atoms with E-state index in [4.69, 9.17) is 15.0 Å². The second kappa shape index (κ2) is 6.23. The highest BCUT2D eigenvalue weighted by Crippen LogP contribution is 2.23. The fourth-order valence-electron chi connectivity index (χ4n) is 1.55. The van der Waals surface area contributed by atoms with Crippen LogP contribution in [0.2, 0.25) is 0 Å². The van der Waals surface area contributed by atoms with Crippen molar-refractivity contribution in [3.05, 3.63) is 34.4 Å². The zero-order valence-electron chi connectivity index (χ0n) is 10.3. The Labute approximate surface area is 118 Å². The minimum atomic E-state index is -0.391. The van der Waals surface area contributed by atoms with E-state index in [1.165, 1.54) is 12.1 Å². The molecule has 5 nitrogen and oxygen atoms in total. The van der Waals surface area contributed by atoms with Gasteiger partial charge in [-0.3, -0.25) is 0 Å². The lowest BCUT2D eigenvalue weighted by molar-refractivity contribution is 0.182. The van der Waals surface area contributed by atoms with Crippen molar-refractivity contribution in [2.45, 2.75) is 12.5 Å². The predicted molar refractivity (Wildman–Crippen MR) is 70.8 cm³/mol. The highest BCUT2D eigenvalue weighted by atomic mass is 79.9. The van der Waals surface area contributed by atoms with Crippen LogP contribution in [0.5, 0.6) is 0 Å². The van der Waals surface area contributed by atoms with Gasteiger partial charge in [-0.25, -0.2) is 4.39 Å². The average Bonchev–Trinajstić information content (AvgIpc) is 2.84. The first-order valence-electron chi connectivity index (χ1n) is 5.64. The van der Waals surface area contributed by atoms with E-state index in [0.29, 0.717) is 34.8 Å². The van der Waals surface area contributed by atoms with Crippen LogP contribution in [0.15, 0.2) is 27.2 Å². The van der Waals surface area contributed by atoms with Crippen LogP contribution in [0.4, 0.5) is 4.39 Å². The van der Waals surface area contributed by atoms with Crippen LogP contribution in [0.1, 0.15) is 18.4 Å². The monoisotopic (exact) mass is 329 g/mol. The molecule has 0 radical (unpaired) electrons. The number of halogens is 2. The van der Waals surface area contributed by atoms with Crippen LogP contribution >= 0.6 is 15.9 Å². The predicted octanol–water partition coefficient (Wildman–Crippen LogP) is 2.67. The van der Waals surface area contributed by atoms with Gasteiger partial charge >= 0.3 is 0 Å². The first-order valence-corrected chi connectivity index (χ1v) is 6.44. The molecule has 19 heavy (non-hydrogen) atoms. The molecule has 0 bridgehead atoms. The van der Waals surface area contributed by atoms with Crippen LogP contribution in [-0.2, 0) is 4.74 Å². The molecule has 0 aliphatic heterocycles. The van der Waals surface area contributed by atoms with E-state index in [1.54, 1.807) is 13.2 Å². The largest absolute Gasteiger partial charge is 0.385 e. The lowest BCUT2D eigenvalue weighted by Crippen LogP contribution is -2.12. The molecule has 1 aromatic carbocycles. The number of rotatable bonds is 5. The van der Waals surface area contributed by atoms with E-state index in [-0.39, 0.29) is 5.82 Å². The van der Waals surface area contributed by atoms with E-state index in [9.17, 15) is 4.39 Å². The summed E-state index contributed by atoms with van der Waals surface area (Å²) < 4.78 is 23.9. The maximum absolute atomic E-state index is 13.3. The van der Waals surface area contributed by atoms with Crippen molar-refractivity contribution < 1.29 is 13.7 Å². The van der Waals surface area contributed by atoms with Crippen molar-refractivity contribution in [1.82, 2.24) is 10.1 Å². The van der Waals surface area contributed by atoms with Crippen LogP contribution < -0.4 is 5.73 Å². The highest BCUT2D eigenvalue weighted by Gasteiger charge is 2.16. The fourth-order valence-corrected chi connectivity index (χ4v) is 2.02. The van der Waals surface area contributed by atoms with Crippen molar-refractivity contribution in [3.63, 3.8) is 0 Å². The standard InChI is InChI=1S/C12H13BrFN3O2/c1-18-3-2-10(15)12-16-11(17-19-12)7-4-8(13)6-9(14)5-7/h4-6,10H,2-3,15H2,1H3. The number of nitrogens with zero attached hydrogens (tertiary/aromatic N) is 2. The summed E-state index contributed by atoms with van der Waals surface area (Å²) in [6.45, 7) is 0.504. The molecule has 1 aromatic heterocycles. The Morgan fingerprint density at radius 3 is 2.95 bits per heavy atom. The number of hydrogen-bond acceptors (Lipinski definition) is 5. The molecule has 7 heteroatoms. The molecule has 1 unspecified atom stereocenters. The molecule has 2 rings (SSSR count).